The van der Waals surface area contributed by atoms with Crippen molar-refractivity contribution in [1.29, 1.82) is 0 Å². The van der Waals surface area contributed by atoms with Gasteiger partial charge in [0.25, 0.3) is 0 Å². The molecule has 7 nitrogen and oxygen atoms in total. The van der Waals surface area contributed by atoms with Crippen LogP contribution in [0.3, 0.4) is 0 Å². The molecule has 0 aromatic carbocycles. The number of pyridine rings is 3. The number of anilines is 1. The molecule has 0 radical (unpaired) electrons. The van der Waals surface area contributed by atoms with Crippen LogP contribution in [-0.2, 0) is 10.0 Å². The van der Waals surface area contributed by atoms with Crippen molar-refractivity contribution in [2.45, 2.75) is 32.6 Å². The summed E-state index contributed by atoms with van der Waals surface area (Å²) in [5.41, 5.74) is 4.20. The lowest BCUT2D eigenvalue weighted by molar-refractivity contribution is 0.455. The zero-order valence-electron chi connectivity index (χ0n) is 16.8. The third kappa shape index (κ3) is 4.71. The van der Waals surface area contributed by atoms with Crippen LogP contribution in [-0.4, -0.2) is 29.6 Å². The van der Waals surface area contributed by atoms with Crippen LogP contribution in [0, 0.1) is 13.8 Å². The van der Waals surface area contributed by atoms with Crippen molar-refractivity contribution in [1.82, 2.24) is 15.0 Å². The van der Waals surface area contributed by atoms with Gasteiger partial charge in [0.1, 0.15) is 5.69 Å². The summed E-state index contributed by atoms with van der Waals surface area (Å²) >= 11 is 6.05. The number of hydrogen-bond acceptors (Lipinski definition) is 6. The largest absolute Gasteiger partial charge is 0.435 e. The van der Waals surface area contributed by atoms with Crippen LogP contribution in [0.1, 0.15) is 35.7 Å². The molecular weight excluding hydrogens is 424 g/mol. The molecule has 9 heteroatoms. The second-order valence-corrected chi connectivity index (χ2v) is 9.66. The second kappa shape index (κ2) is 7.85. The van der Waals surface area contributed by atoms with Crippen molar-refractivity contribution in [3.8, 4) is 22.9 Å². The van der Waals surface area contributed by atoms with E-state index in [-0.39, 0.29) is 11.6 Å². The average Bonchev–Trinajstić information content (AvgIpc) is 3.49. The molecule has 0 unspecified atom stereocenters. The van der Waals surface area contributed by atoms with Crippen LogP contribution >= 0.6 is 11.6 Å². The van der Waals surface area contributed by atoms with E-state index >= 15 is 0 Å². The van der Waals surface area contributed by atoms with Crippen molar-refractivity contribution in [2.75, 3.05) is 11.0 Å². The summed E-state index contributed by atoms with van der Waals surface area (Å²) in [6.07, 6.45) is 6.55. The van der Waals surface area contributed by atoms with E-state index in [1.54, 1.807) is 24.4 Å². The predicted molar refractivity (Wildman–Crippen MR) is 117 cm³/mol. The van der Waals surface area contributed by atoms with Gasteiger partial charge < -0.3 is 4.74 Å². The van der Waals surface area contributed by atoms with Gasteiger partial charge in [0.05, 0.1) is 22.7 Å². The molecule has 0 saturated heterocycles. The van der Waals surface area contributed by atoms with E-state index in [4.69, 9.17) is 16.3 Å². The van der Waals surface area contributed by atoms with E-state index in [9.17, 15) is 8.42 Å². The third-order valence-electron chi connectivity index (χ3n) is 4.70. The van der Waals surface area contributed by atoms with Crippen LogP contribution in [0.25, 0.3) is 11.3 Å². The first-order valence-corrected chi connectivity index (χ1v) is 11.7. The van der Waals surface area contributed by atoms with E-state index < -0.39 is 10.0 Å². The minimum atomic E-state index is -3.53. The smallest absolute Gasteiger partial charge is 0.244 e. The molecule has 0 spiro atoms. The normalized spacial score (nSPS) is 13.9. The van der Waals surface area contributed by atoms with Gasteiger partial charge in [-0.05, 0) is 56.5 Å². The Morgan fingerprint density at radius 1 is 1.13 bits per heavy atom. The van der Waals surface area contributed by atoms with E-state index in [1.165, 1.54) is 6.20 Å². The van der Waals surface area contributed by atoms with Gasteiger partial charge in [0.2, 0.25) is 15.9 Å². The van der Waals surface area contributed by atoms with E-state index in [1.807, 2.05) is 19.9 Å². The summed E-state index contributed by atoms with van der Waals surface area (Å²) in [6.45, 7) is 3.83. The lowest BCUT2D eigenvalue weighted by Gasteiger charge is -2.16. The van der Waals surface area contributed by atoms with Crippen molar-refractivity contribution in [3.63, 3.8) is 0 Å². The number of aryl methyl sites for hydroxylation is 2. The number of halogens is 1. The molecule has 3 aromatic heterocycles. The van der Waals surface area contributed by atoms with Gasteiger partial charge in [0, 0.05) is 29.6 Å². The van der Waals surface area contributed by atoms with Crippen molar-refractivity contribution < 1.29 is 13.2 Å². The highest BCUT2D eigenvalue weighted by Crippen LogP contribution is 2.41. The average molecular weight is 445 g/mol. The standard InChI is InChI=1S/C21H21ClN4O3S/c1-12-8-19(14-4-5-14)24-13(2)20(12)29-21-18(26-30(3,27)28)7-6-17(25-21)15-9-16(22)11-23-10-15/h6-11,14,26H,4-5H2,1-3H3. The number of hydrogen-bond donors (Lipinski definition) is 1. The molecule has 30 heavy (non-hydrogen) atoms. The lowest BCUT2D eigenvalue weighted by Crippen LogP contribution is -2.11. The highest BCUT2D eigenvalue weighted by Gasteiger charge is 2.26. The zero-order chi connectivity index (χ0) is 21.5. The Morgan fingerprint density at radius 3 is 2.53 bits per heavy atom. The van der Waals surface area contributed by atoms with Gasteiger partial charge in [-0.3, -0.25) is 14.7 Å². The molecule has 1 saturated carbocycles. The van der Waals surface area contributed by atoms with E-state index in [2.05, 4.69) is 19.7 Å². The summed E-state index contributed by atoms with van der Waals surface area (Å²) in [4.78, 5) is 13.3. The number of nitrogens with one attached hydrogen (secondary N) is 1. The first kappa shape index (κ1) is 20.6. The minimum Gasteiger partial charge on any atom is -0.435 e. The SMILES string of the molecule is Cc1cc(C2CC2)nc(C)c1Oc1nc(-c2cncc(Cl)c2)ccc1NS(C)(=O)=O. The maximum absolute atomic E-state index is 11.8. The van der Waals surface area contributed by atoms with Crippen LogP contribution in [0.5, 0.6) is 11.6 Å². The summed E-state index contributed by atoms with van der Waals surface area (Å²) in [5.74, 6) is 1.21. The summed E-state index contributed by atoms with van der Waals surface area (Å²) in [5, 5.41) is 0.474. The Morgan fingerprint density at radius 2 is 1.90 bits per heavy atom. The minimum absolute atomic E-state index is 0.130. The fourth-order valence-corrected chi connectivity index (χ4v) is 3.93. The fraction of sp³-hybridized carbons (Fsp3) is 0.286. The molecule has 1 aliphatic rings. The van der Waals surface area contributed by atoms with Gasteiger partial charge in [-0.1, -0.05) is 11.6 Å². The molecule has 1 aliphatic carbocycles. The number of rotatable bonds is 6. The van der Waals surface area contributed by atoms with Crippen molar-refractivity contribution in [3.05, 3.63) is 58.6 Å². The summed E-state index contributed by atoms with van der Waals surface area (Å²) in [6, 6.07) is 7.04. The lowest BCUT2D eigenvalue weighted by atomic mass is 10.1. The highest BCUT2D eigenvalue weighted by molar-refractivity contribution is 7.92. The van der Waals surface area contributed by atoms with Gasteiger partial charge in [-0.25, -0.2) is 13.4 Å². The van der Waals surface area contributed by atoms with Crippen LogP contribution in [0.15, 0.2) is 36.7 Å². The first-order valence-electron chi connectivity index (χ1n) is 9.45. The molecule has 0 amide bonds. The molecule has 1 fully saturated rings. The molecule has 0 bridgehead atoms. The van der Waals surface area contributed by atoms with Crippen LogP contribution in [0.2, 0.25) is 5.02 Å². The van der Waals surface area contributed by atoms with Crippen molar-refractivity contribution >= 4 is 27.3 Å². The first-order chi connectivity index (χ1) is 14.2. The van der Waals surface area contributed by atoms with Gasteiger partial charge in [-0.2, -0.15) is 0 Å². The fourth-order valence-electron chi connectivity index (χ4n) is 3.20. The van der Waals surface area contributed by atoms with E-state index in [0.29, 0.717) is 27.9 Å². The Bertz CT molecular complexity index is 1200. The predicted octanol–water partition coefficient (Wildman–Crippen LogP) is 4.85. The zero-order valence-corrected chi connectivity index (χ0v) is 18.4. The summed E-state index contributed by atoms with van der Waals surface area (Å²) < 4.78 is 32.2. The Labute approximate surface area is 180 Å². The van der Waals surface area contributed by atoms with Gasteiger partial charge >= 0.3 is 0 Å². The number of aromatic nitrogens is 3. The topological polar surface area (TPSA) is 94.1 Å². The van der Waals surface area contributed by atoms with E-state index in [0.717, 1.165) is 36.0 Å². The molecule has 1 N–H and O–H groups in total. The van der Waals surface area contributed by atoms with Crippen LogP contribution < -0.4 is 9.46 Å². The van der Waals surface area contributed by atoms with Gasteiger partial charge in [-0.15, -0.1) is 0 Å². The number of sulfonamides is 1. The maximum Gasteiger partial charge on any atom is 0.244 e. The molecular formula is C21H21ClN4O3S. The molecule has 3 heterocycles. The monoisotopic (exact) mass is 444 g/mol. The molecule has 4 rings (SSSR count). The molecule has 3 aromatic rings. The highest BCUT2D eigenvalue weighted by atomic mass is 35.5. The Balaban J connectivity index is 1.77. The maximum atomic E-state index is 11.8. The third-order valence-corrected chi connectivity index (χ3v) is 5.50. The van der Waals surface area contributed by atoms with Crippen molar-refractivity contribution in [2.24, 2.45) is 0 Å². The Hall–Kier alpha value is -2.71. The molecule has 156 valence electrons. The molecule has 0 aliphatic heterocycles. The number of ether oxygens (including phenoxy) is 1. The molecule has 0 atom stereocenters. The van der Waals surface area contributed by atoms with Crippen LogP contribution in [0.4, 0.5) is 5.69 Å². The Kier molecular flexibility index (Phi) is 5.38. The van der Waals surface area contributed by atoms with Gasteiger partial charge in [0.15, 0.2) is 5.75 Å². The number of nitrogens with zero attached hydrogens (tertiary/aromatic N) is 3. The second-order valence-electron chi connectivity index (χ2n) is 7.47. The quantitative estimate of drug-likeness (QED) is 0.584. The summed E-state index contributed by atoms with van der Waals surface area (Å²) in [7, 11) is -3.53.